The Bertz CT molecular complexity index is 634. The molecule has 1 atom stereocenters. The molecule has 1 aromatic heterocycles. The third-order valence-corrected chi connectivity index (χ3v) is 3.68. The van der Waals surface area contributed by atoms with Crippen LogP contribution >= 0.6 is 0 Å². The summed E-state index contributed by atoms with van der Waals surface area (Å²) in [6.07, 6.45) is 4.11. The molecule has 2 rings (SSSR count). The Morgan fingerprint density at radius 3 is 2.40 bits per heavy atom. The number of ether oxygens (including phenoxy) is 1. The highest BCUT2D eigenvalue weighted by molar-refractivity contribution is 6.17. The molecule has 2 heterocycles. The Morgan fingerprint density at radius 1 is 1.28 bits per heavy atom. The van der Waals surface area contributed by atoms with E-state index in [-0.39, 0.29) is 11.6 Å². The molecule has 2 N–H and O–H groups in total. The van der Waals surface area contributed by atoms with E-state index in [1.54, 1.807) is 37.8 Å². The van der Waals surface area contributed by atoms with Crippen molar-refractivity contribution in [1.29, 1.82) is 0 Å². The molecule has 0 aromatic carbocycles. The zero-order chi connectivity index (χ0) is 18.4. The first-order valence-electron chi connectivity index (χ1n) is 8.22. The second-order valence-corrected chi connectivity index (χ2v) is 6.83. The molecule has 0 radical (unpaired) electrons. The van der Waals surface area contributed by atoms with Crippen molar-refractivity contribution in [3.8, 4) is 0 Å². The fourth-order valence-electron chi connectivity index (χ4n) is 2.60. The molecular weight excluding hydrogens is 324 g/mol. The number of alkyl carbamates (subject to hydrolysis) is 1. The SMILES string of the molecule is CC(C)(C)OC(=O)NC(C(=O)N1CCCC1)/C(=N/O)c1ccncc1. The second kappa shape index (κ2) is 7.96. The third kappa shape index (κ3) is 5.17. The lowest BCUT2D eigenvalue weighted by Gasteiger charge is -2.26. The van der Waals surface area contributed by atoms with Gasteiger partial charge in [-0.05, 0) is 45.7 Å². The van der Waals surface area contributed by atoms with E-state index < -0.39 is 17.7 Å². The largest absolute Gasteiger partial charge is 0.444 e. The average molecular weight is 348 g/mol. The van der Waals surface area contributed by atoms with Gasteiger partial charge in [0.25, 0.3) is 5.91 Å². The molecule has 136 valence electrons. The van der Waals surface area contributed by atoms with Crippen LogP contribution in [0.3, 0.4) is 0 Å². The molecular formula is C17H24N4O4. The minimum atomic E-state index is -1.14. The standard InChI is InChI=1S/C17H24N4O4/c1-17(2,3)25-16(23)19-14(15(22)21-10-4-5-11-21)13(20-24)12-6-8-18-9-7-12/h6-9,14,24H,4-5,10-11H2,1-3H3,(H,19,23)/b20-13+. The van der Waals surface area contributed by atoms with Crippen LogP contribution < -0.4 is 5.32 Å². The van der Waals surface area contributed by atoms with E-state index in [4.69, 9.17) is 4.74 Å². The first-order chi connectivity index (χ1) is 11.8. The number of rotatable bonds is 4. The molecule has 1 aliphatic heterocycles. The van der Waals surface area contributed by atoms with Gasteiger partial charge in [-0.3, -0.25) is 9.78 Å². The van der Waals surface area contributed by atoms with Gasteiger partial charge in [-0.25, -0.2) is 4.79 Å². The van der Waals surface area contributed by atoms with Gasteiger partial charge in [0.05, 0.1) is 0 Å². The number of pyridine rings is 1. The van der Waals surface area contributed by atoms with E-state index in [9.17, 15) is 14.8 Å². The van der Waals surface area contributed by atoms with Crippen LogP contribution in [0.4, 0.5) is 4.79 Å². The Labute approximate surface area is 146 Å². The Kier molecular flexibility index (Phi) is 5.95. The van der Waals surface area contributed by atoms with Crippen molar-refractivity contribution in [2.24, 2.45) is 5.16 Å². The lowest BCUT2D eigenvalue weighted by molar-refractivity contribution is -0.130. The molecule has 8 heteroatoms. The number of nitrogens with zero attached hydrogens (tertiary/aromatic N) is 3. The number of likely N-dealkylation sites (tertiary alicyclic amines) is 1. The van der Waals surface area contributed by atoms with Crippen molar-refractivity contribution in [3.05, 3.63) is 30.1 Å². The summed E-state index contributed by atoms with van der Waals surface area (Å²) in [5, 5.41) is 15.3. The Balaban J connectivity index is 2.27. The number of hydrogen-bond donors (Lipinski definition) is 2. The molecule has 1 unspecified atom stereocenters. The summed E-state index contributed by atoms with van der Waals surface area (Å²) in [5.74, 6) is -0.326. The summed E-state index contributed by atoms with van der Waals surface area (Å²) >= 11 is 0. The molecule has 0 spiro atoms. The molecule has 0 saturated carbocycles. The van der Waals surface area contributed by atoms with E-state index in [0.717, 1.165) is 12.8 Å². The maximum atomic E-state index is 12.9. The van der Waals surface area contributed by atoms with Gasteiger partial charge in [-0.15, -0.1) is 0 Å². The predicted octanol–water partition coefficient (Wildman–Crippen LogP) is 1.78. The first kappa shape index (κ1) is 18.7. The number of carbonyl (C=O) groups excluding carboxylic acids is 2. The van der Waals surface area contributed by atoms with Crippen LogP contribution in [0.2, 0.25) is 0 Å². The van der Waals surface area contributed by atoms with Crippen molar-refractivity contribution in [1.82, 2.24) is 15.2 Å². The molecule has 1 saturated heterocycles. The lowest BCUT2D eigenvalue weighted by Crippen LogP contribution is -2.53. The van der Waals surface area contributed by atoms with Crippen LogP contribution in [0, 0.1) is 0 Å². The maximum Gasteiger partial charge on any atom is 0.408 e. The molecule has 1 fully saturated rings. The Hall–Kier alpha value is -2.64. The van der Waals surface area contributed by atoms with Crippen molar-refractivity contribution in [2.75, 3.05) is 13.1 Å². The number of hydrogen-bond acceptors (Lipinski definition) is 6. The van der Waals surface area contributed by atoms with Gasteiger partial charge in [0.2, 0.25) is 0 Å². The minimum Gasteiger partial charge on any atom is -0.444 e. The number of nitrogens with one attached hydrogen (secondary N) is 1. The van der Waals surface area contributed by atoms with Crippen LogP contribution in [0.1, 0.15) is 39.2 Å². The van der Waals surface area contributed by atoms with Gasteiger partial charge < -0.3 is 20.2 Å². The molecule has 1 aliphatic rings. The summed E-state index contributed by atoms with van der Waals surface area (Å²) in [6, 6.07) is 2.08. The van der Waals surface area contributed by atoms with Crippen LogP contribution in [0.15, 0.2) is 29.7 Å². The zero-order valence-electron chi connectivity index (χ0n) is 14.7. The number of carbonyl (C=O) groups is 2. The summed E-state index contributed by atoms with van der Waals surface area (Å²) in [7, 11) is 0. The molecule has 8 nitrogen and oxygen atoms in total. The second-order valence-electron chi connectivity index (χ2n) is 6.83. The van der Waals surface area contributed by atoms with E-state index in [0.29, 0.717) is 18.7 Å². The van der Waals surface area contributed by atoms with Gasteiger partial charge in [-0.1, -0.05) is 5.16 Å². The summed E-state index contributed by atoms with van der Waals surface area (Å²) in [5.41, 5.74) is -0.172. The van der Waals surface area contributed by atoms with Crippen molar-refractivity contribution in [2.45, 2.75) is 45.3 Å². The van der Waals surface area contributed by atoms with E-state index in [1.165, 1.54) is 12.4 Å². The van der Waals surface area contributed by atoms with Crippen molar-refractivity contribution >= 4 is 17.7 Å². The number of amides is 2. The fraction of sp³-hybridized carbons (Fsp3) is 0.529. The number of oxime groups is 1. The summed E-state index contributed by atoms with van der Waals surface area (Å²) in [6.45, 7) is 6.41. The lowest BCUT2D eigenvalue weighted by atomic mass is 10.0. The summed E-state index contributed by atoms with van der Waals surface area (Å²) < 4.78 is 5.24. The van der Waals surface area contributed by atoms with Crippen LogP contribution in [0.5, 0.6) is 0 Å². The zero-order valence-corrected chi connectivity index (χ0v) is 14.7. The van der Waals surface area contributed by atoms with Gasteiger partial charge in [-0.2, -0.15) is 0 Å². The molecule has 25 heavy (non-hydrogen) atoms. The van der Waals surface area contributed by atoms with Crippen LogP contribution in [-0.4, -0.2) is 57.5 Å². The minimum absolute atomic E-state index is 0.0464. The molecule has 1 aromatic rings. The smallest absolute Gasteiger partial charge is 0.408 e. The Morgan fingerprint density at radius 2 is 1.88 bits per heavy atom. The van der Waals surface area contributed by atoms with E-state index >= 15 is 0 Å². The fourth-order valence-corrected chi connectivity index (χ4v) is 2.60. The number of aromatic nitrogens is 1. The quantitative estimate of drug-likeness (QED) is 0.490. The van der Waals surface area contributed by atoms with Gasteiger partial charge >= 0.3 is 6.09 Å². The average Bonchev–Trinajstić information content (AvgIpc) is 3.07. The van der Waals surface area contributed by atoms with Crippen molar-refractivity contribution in [3.63, 3.8) is 0 Å². The van der Waals surface area contributed by atoms with Crippen molar-refractivity contribution < 1.29 is 19.5 Å². The maximum absolute atomic E-state index is 12.9. The topological polar surface area (TPSA) is 104 Å². The molecule has 2 amide bonds. The predicted molar refractivity (Wildman–Crippen MR) is 91.5 cm³/mol. The summed E-state index contributed by atoms with van der Waals surface area (Å²) in [4.78, 5) is 30.6. The normalized spacial score (nSPS) is 16.4. The van der Waals surface area contributed by atoms with Gasteiger partial charge in [0.15, 0.2) is 6.04 Å². The highest BCUT2D eigenvalue weighted by atomic mass is 16.6. The highest BCUT2D eigenvalue weighted by Crippen LogP contribution is 2.14. The van der Waals surface area contributed by atoms with Crippen LogP contribution in [-0.2, 0) is 9.53 Å². The van der Waals surface area contributed by atoms with E-state index in [1.807, 2.05) is 0 Å². The third-order valence-electron chi connectivity index (χ3n) is 3.68. The van der Waals surface area contributed by atoms with Crippen LogP contribution in [0.25, 0.3) is 0 Å². The monoisotopic (exact) mass is 348 g/mol. The van der Waals surface area contributed by atoms with Gasteiger partial charge in [0.1, 0.15) is 11.3 Å². The molecule has 0 aliphatic carbocycles. The first-order valence-corrected chi connectivity index (χ1v) is 8.22. The van der Waals surface area contributed by atoms with E-state index in [2.05, 4.69) is 15.5 Å². The van der Waals surface area contributed by atoms with Gasteiger partial charge in [0, 0.05) is 31.0 Å². The highest BCUT2D eigenvalue weighted by Gasteiger charge is 2.34. The molecule has 0 bridgehead atoms.